The third-order valence-electron chi connectivity index (χ3n) is 3.09. The predicted molar refractivity (Wildman–Crippen MR) is 92.6 cm³/mol. The summed E-state index contributed by atoms with van der Waals surface area (Å²) in [6.07, 6.45) is 0. The highest BCUT2D eigenvalue weighted by atomic mass is 127. The minimum atomic E-state index is 0.0280. The highest BCUT2D eigenvalue weighted by Gasteiger charge is 2.11. The highest BCUT2D eigenvalue weighted by Crippen LogP contribution is 2.15. The van der Waals surface area contributed by atoms with Crippen LogP contribution in [0.1, 0.15) is 22.8 Å². The molecule has 0 aliphatic heterocycles. The van der Waals surface area contributed by atoms with Gasteiger partial charge in [-0.25, -0.2) is 0 Å². The number of hydrogen-bond donors (Lipinski definition) is 0. The molecule has 0 aromatic heterocycles. The number of halogens is 1. The SMILES string of the molecule is CCOc1ccc(CN(C)C(=O)c2ccc(I)cc2)cc1. The molecule has 1 amide bonds. The van der Waals surface area contributed by atoms with Crippen molar-refractivity contribution in [3.05, 3.63) is 63.2 Å². The van der Waals surface area contributed by atoms with E-state index in [1.54, 1.807) is 4.90 Å². The maximum Gasteiger partial charge on any atom is 0.253 e. The number of ether oxygens (including phenoxy) is 1. The number of benzene rings is 2. The van der Waals surface area contributed by atoms with Crippen LogP contribution in [0, 0.1) is 3.57 Å². The Labute approximate surface area is 139 Å². The van der Waals surface area contributed by atoms with Crippen molar-refractivity contribution in [2.24, 2.45) is 0 Å². The van der Waals surface area contributed by atoms with Crippen molar-refractivity contribution in [1.82, 2.24) is 4.90 Å². The molecule has 110 valence electrons. The van der Waals surface area contributed by atoms with Crippen molar-refractivity contribution in [3.8, 4) is 5.75 Å². The van der Waals surface area contributed by atoms with Gasteiger partial charge in [-0.1, -0.05) is 12.1 Å². The molecule has 21 heavy (non-hydrogen) atoms. The molecule has 0 bridgehead atoms. The van der Waals surface area contributed by atoms with Gasteiger partial charge in [0.1, 0.15) is 5.75 Å². The largest absolute Gasteiger partial charge is 0.494 e. The summed E-state index contributed by atoms with van der Waals surface area (Å²) in [5.41, 5.74) is 1.80. The topological polar surface area (TPSA) is 29.5 Å². The molecule has 0 fully saturated rings. The monoisotopic (exact) mass is 395 g/mol. The number of hydrogen-bond acceptors (Lipinski definition) is 2. The van der Waals surface area contributed by atoms with E-state index in [1.807, 2.05) is 62.5 Å². The third kappa shape index (κ3) is 4.46. The van der Waals surface area contributed by atoms with Crippen molar-refractivity contribution in [3.63, 3.8) is 0 Å². The van der Waals surface area contributed by atoms with Crippen molar-refractivity contribution in [1.29, 1.82) is 0 Å². The zero-order chi connectivity index (χ0) is 15.2. The quantitative estimate of drug-likeness (QED) is 0.718. The molecule has 0 atom stereocenters. The van der Waals surface area contributed by atoms with Crippen LogP contribution in [0.2, 0.25) is 0 Å². The molecule has 0 saturated carbocycles. The molecule has 2 aromatic rings. The van der Waals surface area contributed by atoms with E-state index in [2.05, 4.69) is 22.6 Å². The van der Waals surface area contributed by atoms with Crippen LogP contribution >= 0.6 is 22.6 Å². The Hall–Kier alpha value is -1.56. The lowest BCUT2D eigenvalue weighted by atomic mass is 10.1. The molecule has 0 unspecified atom stereocenters. The fourth-order valence-corrected chi connectivity index (χ4v) is 2.38. The van der Waals surface area contributed by atoms with Crippen LogP contribution < -0.4 is 4.74 Å². The number of carbonyl (C=O) groups excluding carboxylic acids is 1. The molecule has 0 aliphatic rings. The Bertz CT molecular complexity index is 593. The Balaban J connectivity index is 2.01. The van der Waals surface area contributed by atoms with Gasteiger partial charge in [0.15, 0.2) is 0 Å². The minimum Gasteiger partial charge on any atom is -0.494 e. The first-order chi connectivity index (χ1) is 10.1. The van der Waals surface area contributed by atoms with Crippen LogP contribution in [0.15, 0.2) is 48.5 Å². The smallest absolute Gasteiger partial charge is 0.253 e. The average molecular weight is 395 g/mol. The predicted octanol–water partition coefficient (Wildman–Crippen LogP) is 3.96. The van der Waals surface area contributed by atoms with Crippen LogP contribution in [0.3, 0.4) is 0 Å². The molecule has 0 saturated heterocycles. The van der Waals surface area contributed by atoms with Gasteiger partial charge in [0.2, 0.25) is 0 Å². The van der Waals surface area contributed by atoms with Gasteiger partial charge in [-0.15, -0.1) is 0 Å². The summed E-state index contributed by atoms with van der Waals surface area (Å²) in [5, 5.41) is 0. The average Bonchev–Trinajstić information content (AvgIpc) is 2.49. The van der Waals surface area contributed by atoms with Crippen LogP contribution in [-0.2, 0) is 6.54 Å². The highest BCUT2D eigenvalue weighted by molar-refractivity contribution is 14.1. The molecule has 4 heteroatoms. The molecule has 3 nitrogen and oxygen atoms in total. The second-order valence-electron chi connectivity index (χ2n) is 4.75. The van der Waals surface area contributed by atoms with Crippen molar-refractivity contribution in [2.45, 2.75) is 13.5 Å². The van der Waals surface area contributed by atoms with Gasteiger partial charge >= 0.3 is 0 Å². The Morgan fingerprint density at radius 2 is 1.71 bits per heavy atom. The molecule has 0 spiro atoms. The molecule has 0 aliphatic carbocycles. The van der Waals surface area contributed by atoms with Crippen molar-refractivity contribution >= 4 is 28.5 Å². The van der Waals surface area contributed by atoms with Crippen LogP contribution in [0.25, 0.3) is 0 Å². The number of nitrogens with zero attached hydrogens (tertiary/aromatic N) is 1. The second-order valence-corrected chi connectivity index (χ2v) is 5.99. The van der Waals surface area contributed by atoms with E-state index in [0.717, 1.165) is 14.9 Å². The first-order valence-corrected chi connectivity index (χ1v) is 7.91. The summed E-state index contributed by atoms with van der Waals surface area (Å²) < 4.78 is 6.54. The maximum absolute atomic E-state index is 12.3. The van der Waals surface area contributed by atoms with E-state index in [-0.39, 0.29) is 5.91 Å². The van der Waals surface area contributed by atoms with Crippen molar-refractivity contribution < 1.29 is 9.53 Å². The molecule has 0 heterocycles. The first-order valence-electron chi connectivity index (χ1n) is 6.83. The van der Waals surface area contributed by atoms with E-state index in [9.17, 15) is 4.79 Å². The lowest BCUT2D eigenvalue weighted by Gasteiger charge is -2.17. The van der Waals surface area contributed by atoms with Crippen LogP contribution in [0.5, 0.6) is 5.75 Å². The summed E-state index contributed by atoms with van der Waals surface area (Å²) >= 11 is 2.23. The zero-order valence-corrected chi connectivity index (χ0v) is 14.3. The number of rotatable bonds is 5. The van der Waals surface area contributed by atoms with Gasteiger partial charge < -0.3 is 9.64 Å². The fraction of sp³-hybridized carbons (Fsp3) is 0.235. The summed E-state index contributed by atoms with van der Waals surface area (Å²) in [4.78, 5) is 14.0. The Morgan fingerprint density at radius 1 is 1.10 bits per heavy atom. The minimum absolute atomic E-state index is 0.0280. The maximum atomic E-state index is 12.3. The molecule has 2 aromatic carbocycles. The lowest BCUT2D eigenvalue weighted by Crippen LogP contribution is -2.26. The number of amides is 1. The standard InChI is InChI=1S/C17H18INO2/c1-3-21-16-10-4-13(5-11-16)12-19(2)17(20)14-6-8-15(18)9-7-14/h4-11H,3,12H2,1-2H3. The van der Waals surface area contributed by atoms with E-state index >= 15 is 0 Å². The van der Waals surface area contributed by atoms with Crippen LogP contribution in [0.4, 0.5) is 0 Å². The lowest BCUT2D eigenvalue weighted by molar-refractivity contribution is 0.0785. The van der Waals surface area contributed by atoms with Crippen LogP contribution in [-0.4, -0.2) is 24.5 Å². The van der Waals surface area contributed by atoms with E-state index < -0.39 is 0 Å². The van der Waals surface area contributed by atoms with E-state index in [0.29, 0.717) is 18.7 Å². The third-order valence-corrected chi connectivity index (χ3v) is 3.81. The van der Waals surface area contributed by atoms with Gasteiger partial charge in [-0.2, -0.15) is 0 Å². The summed E-state index contributed by atoms with van der Waals surface area (Å²) in [7, 11) is 1.82. The van der Waals surface area contributed by atoms with Gasteiger partial charge in [0.25, 0.3) is 5.91 Å². The fourth-order valence-electron chi connectivity index (χ4n) is 2.02. The normalized spacial score (nSPS) is 10.2. The molecule has 0 radical (unpaired) electrons. The zero-order valence-electron chi connectivity index (χ0n) is 12.2. The summed E-state index contributed by atoms with van der Waals surface area (Å²) in [5.74, 6) is 0.883. The molecule has 2 rings (SSSR count). The van der Waals surface area contributed by atoms with Gasteiger partial charge in [0, 0.05) is 22.7 Å². The molecule has 0 N–H and O–H groups in total. The Kier molecular flexibility index (Phi) is 5.61. The van der Waals surface area contributed by atoms with E-state index in [1.165, 1.54) is 0 Å². The van der Waals surface area contributed by atoms with Gasteiger partial charge in [-0.05, 0) is 71.5 Å². The number of carbonyl (C=O) groups is 1. The molecular formula is C17H18INO2. The molecular weight excluding hydrogens is 377 g/mol. The summed E-state index contributed by atoms with van der Waals surface area (Å²) in [6.45, 7) is 3.20. The Morgan fingerprint density at radius 3 is 2.29 bits per heavy atom. The summed E-state index contributed by atoms with van der Waals surface area (Å²) in [6, 6.07) is 15.4. The van der Waals surface area contributed by atoms with Gasteiger partial charge in [-0.3, -0.25) is 4.79 Å². The van der Waals surface area contributed by atoms with E-state index in [4.69, 9.17) is 4.74 Å². The van der Waals surface area contributed by atoms with Crippen molar-refractivity contribution in [2.75, 3.05) is 13.7 Å². The first kappa shape index (κ1) is 15.8. The second kappa shape index (κ2) is 7.45. The van der Waals surface area contributed by atoms with Gasteiger partial charge in [0.05, 0.1) is 6.61 Å².